The number of pyridine rings is 2. The SMILES string of the molecule is CC(C)NC(=O)c1cccc(C(=O)NCc2ccc(-c3ccccn3)s2)n1. The van der Waals surface area contributed by atoms with E-state index in [2.05, 4.69) is 20.6 Å². The summed E-state index contributed by atoms with van der Waals surface area (Å²) >= 11 is 1.58. The zero-order valence-corrected chi connectivity index (χ0v) is 15.9. The van der Waals surface area contributed by atoms with Gasteiger partial charge in [0.1, 0.15) is 11.4 Å². The van der Waals surface area contributed by atoms with Gasteiger partial charge in [-0.2, -0.15) is 0 Å². The van der Waals surface area contributed by atoms with Crippen molar-refractivity contribution >= 4 is 23.2 Å². The first-order chi connectivity index (χ1) is 13.0. The minimum atomic E-state index is -0.318. The van der Waals surface area contributed by atoms with Gasteiger partial charge in [-0.25, -0.2) is 4.98 Å². The van der Waals surface area contributed by atoms with Gasteiger partial charge >= 0.3 is 0 Å². The molecule has 0 spiro atoms. The topological polar surface area (TPSA) is 84.0 Å². The molecule has 0 fully saturated rings. The Morgan fingerprint density at radius 3 is 2.48 bits per heavy atom. The maximum atomic E-state index is 12.4. The van der Waals surface area contributed by atoms with Crippen LogP contribution in [0.5, 0.6) is 0 Å². The summed E-state index contributed by atoms with van der Waals surface area (Å²) < 4.78 is 0. The number of nitrogens with one attached hydrogen (secondary N) is 2. The highest BCUT2D eigenvalue weighted by molar-refractivity contribution is 7.15. The van der Waals surface area contributed by atoms with E-state index in [1.807, 2.05) is 44.2 Å². The summed E-state index contributed by atoms with van der Waals surface area (Å²) in [7, 11) is 0. The smallest absolute Gasteiger partial charge is 0.270 e. The molecule has 7 heteroatoms. The lowest BCUT2D eigenvalue weighted by Gasteiger charge is -2.08. The molecule has 2 N–H and O–H groups in total. The predicted molar refractivity (Wildman–Crippen MR) is 106 cm³/mol. The number of carbonyl (C=O) groups is 2. The number of aromatic nitrogens is 2. The molecule has 2 amide bonds. The standard InChI is InChI=1S/C20H20N4O2S/c1-13(2)23-20(26)17-8-5-7-16(24-17)19(25)22-12-14-9-10-18(27-14)15-6-3-4-11-21-15/h3-11,13H,12H2,1-2H3,(H,22,25)(H,23,26). The third-order valence-electron chi connectivity index (χ3n) is 3.64. The molecule has 27 heavy (non-hydrogen) atoms. The third-order valence-corrected chi connectivity index (χ3v) is 4.74. The molecule has 3 aromatic heterocycles. The lowest BCUT2D eigenvalue weighted by Crippen LogP contribution is -2.31. The number of rotatable bonds is 6. The van der Waals surface area contributed by atoms with Gasteiger partial charge in [0.2, 0.25) is 0 Å². The number of hydrogen-bond donors (Lipinski definition) is 2. The van der Waals surface area contributed by atoms with Gasteiger partial charge in [-0.1, -0.05) is 12.1 Å². The Balaban J connectivity index is 1.63. The fourth-order valence-corrected chi connectivity index (χ4v) is 3.33. The van der Waals surface area contributed by atoms with Crippen LogP contribution < -0.4 is 10.6 Å². The lowest BCUT2D eigenvalue weighted by molar-refractivity contribution is 0.0936. The normalized spacial score (nSPS) is 10.6. The van der Waals surface area contributed by atoms with Crippen molar-refractivity contribution in [3.63, 3.8) is 0 Å². The molecule has 0 radical (unpaired) electrons. The van der Waals surface area contributed by atoms with Crippen LogP contribution >= 0.6 is 11.3 Å². The molecule has 6 nitrogen and oxygen atoms in total. The number of amides is 2. The van der Waals surface area contributed by atoms with E-state index in [4.69, 9.17) is 0 Å². The lowest BCUT2D eigenvalue weighted by atomic mass is 10.2. The second-order valence-corrected chi connectivity index (χ2v) is 7.37. The van der Waals surface area contributed by atoms with Crippen LogP contribution in [0.15, 0.2) is 54.7 Å². The first-order valence-corrected chi connectivity index (χ1v) is 9.41. The number of thiophene rings is 1. The summed E-state index contributed by atoms with van der Waals surface area (Å²) in [6.07, 6.45) is 1.75. The fourth-order valence-electron chi connectivity index (χ4n) is 2.40. The Kier molecular flexibility index (Phi) is 5.93. The summed E-state index contributed by atoms with van der Waals surface area (Å²) in [4.78, 5) is 35.0. The second-order valence-electron chi connectivity index (χ2n) is 6.20. The van der Waals surface area contributed by atoms with Gasteiger partial charge in [-0.3, -0.25) is 14.6 Å². The van der Waals surface area contributed by atoms with Gasteiger partial charge in [0.05, 0.1) is 17.1 Å². The molecule has 3 rings (SSSR count). The van der Waals surface area contributed by atoms with E-state index in [0.717, 1.165) is 15.4 Å². The Morgan fingerprint density at radius 2 is 1.78 bits per heavy atom. The van der Waals surface area contributed by atoms with Crippen LogP contribution in [-0.2, 0) is 6.54 Å². The largest absolute Gasteiger partial charge is 0.349 e. The Labute approximate surface area is 161 Å². The number of nitrogens with zero attached hydrogens (tertiary/aromatic N) is 2. The highest BCUT2D eigenvalue weighted by atomic mass is 32.1. The van der Waals surface area contributed by atoms with Gasteiger partial charge in [-0.15, -0.1) is 11.3 Å². The van der Waals surface area contributed by atoms with Crippen LogP contribution in [0.25, 0.3) is 10.6 Å². The molecule has 3 aromatic rings. The summed E-state index contributed by atoms with van der Waals surface area (Å²) in [5, 5.41) is 5.61. The Morgan fingerprint density at radius 1 is 1.00 bits per heavy atom. The van der Waals surface area contributed by atoms with Gasteiger partial charge in [-0.05, 0) is 50.2 Å². The maximum Gasteiger partial charge on any atom is 0.270 e. The van der Waals surface area contributed by atoms with E-state index in [9.17, 15) is 9.59 Å². The highest BCUT2D eigenvalue weighted by Gasteiger charge is 2.13. The molecule has 0 aromatic carbocycles. The van der Waals surface area contributed by atoms with Crippen LogP contribution in [0.4, 0.5) is 0 Å². The number of carbonyl (C=O) groups excluding carboxylic acids is 2. The summed E-state index contributed by atoms with van der Waals surface area (Å²) in [6, 6.07) is 14.6. The summed E-state index contributed by atoms with van der Waals surface area (Å²) in [5.74, 6) is -0.611. The van der Waals surface area contributed by atoms with E-state index in [-0.39, 0.29) is 29.2 Å². The second kappa shape index (κ2) is 8.55. The quantitative estimate of drug-likeness (QED) is 0.687. The molecule has 138 valence electrons. The van der Waals surface area contributed by atoms with E-state index in [0.29, 0.717) is 6.54 Å². The monoisotopic (exact) mass is 380 g/mol. The van der Waals surface area contributed by atoms with Gasteiger partial charge in [0.25, 0.3) is 11.8 Å². The van der Waals surface area contributed by atoms with Crippen molar-refractivity contribution in [3.8, 4) is 10.6 Å². The Bertz CT molecular complexity index is 938. The van der Waals surface area contributed by atoms with Crippen molar-refractivity contribution in [1.29, 1.82) is 0 Å². The minimum Gasteiger partial charge on any atom is -0.349 e. The molecule has 0 atom stereocenters. The highest BCUT2D eigenvalue weighted by Crippen LogP contribution is 2.26. The zero-order valence-electron chi connectivity index (χ0n) is 15.1. The van der Waals surface area contributed by atoms with Crippen molar-refractivity contribution in [2.45, 2.75) is 26.4 Å². The van der Waals surface area contributed by atoms with Crippen molar-refractivity contribution < 1.29 is 9.59 Å². The van der Waals surface area contributed by atoms with E-state index >= 15 is 0 Å². The third kappa shape index (κ3) is 4.98. The molecular weight excluding hydrogens is 360 g/mol. The van der Waals surface area contributed by atoms with Crippen molar-refractivity contribution in [1.82, 2.24) is 20.6 Å². The zero-order chi connectivity index (χ0) is 19.2. The van der Waals surface area contributed by atoms with Gasteiger partial charge in [0, 0.05) is 17.1 Å². The first kappa shape index (κ1) is 18.7. The molecule has 0 bridgehead atoms. The van der Waals surface area contributed by atoms with Crippen molar-refractivity contribution in [3.05, 3.63) is 71.0 Å². The molecule has 3 heterocycles. The van der Waals surface area contributed by atoms with Crippen LogP contribution in [0.2, 0.25) is 0 Å². The van der Waals surface area contributed by atoms with Crippen LogP contribution in [0.3, 0.4) is 0 Å². The molecular formula is C20H20N4O2S. The molecule has 0 aliphatic heterocycles. The van der Waals surface area contributed by atoms with Gasteiger partial charge in [0.15, 0.2) is 0 Å². The van der Waals surface area contributed by atoms with E-state index < -0.39 is 0 Å². The fraction of sp³-hybridized carbons (Fsp3) is 0.200. The average molecular weight is 380 g/mol. The molecule has 0 saturated heterocycles. The molecule has 0 unspecified atom stereocenters. The molecule has 0 aliphatic carbocycles. The van der Waals surface area contributed by atoms with E-state index in [1.54, 1.807) is 35.7 Å². The predicted octanol–water partition coefficient (Wildman–Crippen LogP) is 3.27. The molecule has 0 saturated carbocycles. The first-order valence-electron chi connectivity index (χ1n) is 8.59. The van der Waals surface area contributed by atoms with Crippen molar-refractivity contribution in [2.75, 3.05) is 0 Å². The van der Waals surface area contributed by atoms with Crippen molar-refractivity contribution in [2.24, 2.45) is 0 Å². The van der Waals surface area contributed by atoms with Crippen LogP contribution in [0.1, 0.15) is 39.7 Å². The van der Waals surface area contributed by atoms with Crippen LogP contribution in [-0.4, -0.2) is 27.8 Å². The molecule has 0 aliphatic rings. The van der Waals surface area contributed by atoms with E-state index in [1.165, 1.54) is 0 Å². The average Bonchev–Trinajstić information content (AvgIpc) is 3.15. The summed E-state index contributed by atoms with van der Waals surface area (Å²) in [6.45, 7) is 4.13. The minimum absolute atomic E-state index is 0.00362. The van der Waals surface area contributed by atoms with Gasteiger partial charge < -0.3 is 10.6 Å². The summed E-state index contributed by atoms with van der Waals surface area (Å²) in [5.41, 5.74) is 1.35. The number of hydrogen-bond acceptors (Lipinski definition) is 5. The van der Waals surface area contributed by atoms with Crippen LogP contribution in [0, 0.1) is 0 Å². The Hall–Kier alpha value is -3.06. The maximum absolute atomic E-state index is 12.4.